The molecule has 2 atom stereocenters. The van der Waals surface area contributed by atoms with Crippen LogP contribution < -0.4 is 5.32 Å². The van der Waals surface area contributed by atoms with Crippen molar-refractivity contribution in [1.29, 1.82) is 0 Å². The van der Waals surface area contributed by atoms with Crippen LogP contribution in [0.1, 0.15) is 25.7 Å². The number of benzene rings is 1. The number of fused-ring (bicyclic) bond motifs is 1. The van der Waals surface area contributed by atoms with Crippen LogP contribution in [0.5, 0.6) is 0 Å². The van der Waals surface area contributed by atoms with Crippen molar-refractivity contribution >= 4 is 39.9 Å². The van der Waals surface area contributed by atoms with Gasteiger partial charge in [-0.1, -0.05) is 11.6 Å². The van der Waals surface area contributed by atoms with E-state index in [-0.39, 0.29) is 0 Å². The van der Waals surface area contributed by atoms with Crippen molar-refractivity contribution in [3.63, 3.8) is 0 Å². The summed E-state index contributed by atoms with van der Waals surface area (Å²) in [4.78, 5) is 2.66. The zero-order valence-corrected chi connectivity index (χ0v) is 13.2. The molecule has 1 aromatic carbocycles. The van der Waals surface area contributed by atoms with Crippen molar-refractivity contribution < 1.29 is 0 Å². The van der Waals surface area contributed by atoms with Crippen LogP contribution in [0.2, 0.25) is 5.02 Å². The highest BCUT2D eigenvalue weighted by Crippen LogP contribution is 2.30. The molecular weight excluding hydrogens is 359 g/mol. The molecule has 18 heavy (non-hydrogen) atoms. The monoisotopic (exact) mass is 376 g/mol. The molecule has 1 aromatic rings. The van der Waals surface area contributed by atoms with E-state index < -0.39 is 0 Å². The summed E-state index contributed by atoms with van der Waals surface area (Å²) in [7, 11) is 0. The predicted molar refractivity (Wildman–Crippen MR) is 85.4 cm³/mol. The van der Waals surface area contributed by atoms with Gasteiger partial charge in [0.15, 0.2) is 0 Å². The molecule has 0 aliphatic carbocycles. The fourth-order valence-corrected chi connectivity index (χ4v) is 4.21. The molecule has 0 amide bonds. The normalized spacial score (nSPS) is 28.1. The van der Waals surface area contributed by atoms with Gasteiger partial charge in [-0.3, -0.25) is 0 Å². The highest BCUT2D eigenvalue weighted by atomic mass is 127. The second-order valence-electron chi connectivity index (χ2n) is 5.32. The molecule has 2 unspecified atom stereocenters. The van der Waals surface area contributed by atoms with Gasteiger partial charge >= 0.3 is 0 Å². The molecular formula is C14H18ClIN2. The van der Waals surface area contributed by atoms with E-state index in [0.717, 1.165) is 11.1 Å². The number of hydrogen-bond acceptors (Lipinski definition) is 2. The van der Waals surface area contributed by atoms with Gasteiger partial charge in [0.05, 0.1) is 0 Å². The number of piperidine rings is 1. The van der Waals surface area contributed by atoms with Gasteiger partial charge in [0.25, 0.3) is 0 Å². The molecule has 0 aromatic heterocycles. The van der Waals surface area contributed by atoms with E-state index in [1.54, 1.807) is 0 Å². The topological polar surface area (TPSA) is 15.3 Å². The highest BCUT2D eigenvalue weighted by Gasteiger charge is 2.31. The Morgan fingerprint density at radius 3 is 3.00 bits per heavy atom. The maximum Gasteiger partial charge on any atom is 0.0479 e. The largest absolute Gasteiger partial charge is 0.381 e. The Balaban J connectivity index is 1.66. The standard InChI is InChI=1S/C14H18ClIN2/c15-10-3-4-14(13(16)8-10)17-11-5-7-18-6-1-2-12(18)9-11/h3-4,8,11-12,17H,1-2,5-7,9H2. The fourth-order valence-electron chi connectivity index (χ4n) is 3.18. The molecule has 1 N–H and O–H groups in total. The van der Waals surface area contributed by atoms with Gasteiger partial charge in [-0.2, -0.15) is 0 Å². The van der Waals surface area contributed by atoms with Crippen molar-refractivity contribution in [3.8, 4) is 0 Å². The minimum absolute atomic E-state index is 0.624. The third kappa shape index (κ3) is 2.78. The Hall–Kier alpha value is -0.000000000000000111. The Bertz CT molecular complexity index is 438. The molecule has 2 aliphatic heterocycles. The van der Waals surface area contributed by atoms with Crippen LogP contribution in [0.15, 0.2) is 18.2 Å². The van der Waals surface area contributed by atoms with Crippen LogP contribution in [0.3, 0.4) is 0 Å². The van der Waals surface area contributed by atoms with Gasteiger partial charge in [-0.15, -0.1) is 0 Å². The molecule has 3 rings (SSSR count). The first-order chi connectivity index (χ1) is 8.72. The second-order valence-corrected chi connectivity index (χ2v) is 6.92. The number of halogens is 2. The Kier molecular flexibility index (Phi) is 4.01. The van der Waals surface area contributed by atoms with Gasteiger partial charge in [-0.25, -0.2) is 0 Å². The average Bonchev–Trinajstić information content (AvgIpc) is 2.80. The first kappa shape index (κ1) is 13.0. The summed E-state index contributed by atoms with van der Waals surface area (Å²) < 4.78 is 1.22. The summed E-state index contributed by atoms with van der Waals surface area (Å²) in [6.07, 6.45) is 5.32. The lowest BCUT2D eigenvalue weighted by molar-refractivity contribution is 0.188. The zero-order chi connectivity index (χ0) is 12.5. The van der Waals surface area contributed by atoms with Crippen molar-refractivity contribution in [2.75, 3.05) is 18.4 Å². The van der Waals surface area contributed by atoms with Crippen LogP contribution in [-0.2, 0) is 0 Å². The molecule has 2 nitrogen and oxygen atoms in total. The van der Waals surface area contributed by atoms with Gasteiger partial charge in [0.1, 0.15) is 0 Å². The maximum atomic E-state index is 5.99. The summed E-state index contributed by atoms with van der Waals surface area (Å²) in [5, 5.41) is 4.51. The van der Waals surface area contributed by atoms with E-state index >= 15 is 0 Å². The third-order valence-corrected chi connectivity index (χ3v) is 5.24. The summed E-state index contributed by atoms with van der Waals surface area (Å²) in [6.45, 7) is 2.57. The lowest BCUT2D eigenvalue weighted by atomic mass is 9.97. The minimum atomic E-state index is 0.624. The van der Waals surface area contributed by atoms with Crippen LogP contribution >= 0.6 is 34.2 Å². The quantitative estimate of drug-likeness (QED) is 0.785. The molecule has 2 aliphatic rings. The number of nitrogens with zero attached hydrogens (tertiary/aromatic N) is 1. The molecule has 98 valence electrons. The minimum Gasteiger partial charge on any atom is -0.381 e. The molecule has 2 fully saturated rings. The zero-order valence-electron chi connectivity index (χ0n) is 10.3. The molecule has 0 spiro atoms. The van der Waals surface area contributed by atoms with Crippen molar-refractivity contribution in [1.82, 2.24) is 4.90 Å². The van der Waals surface area contributed by atoms with Crippen LogP contribution in [0, 0.1) is 3.57 Å². The lowest BCUT2D eigenvalue weighted by Gasteiger charge is -2.35. The van der Waals surface area contributed by atoms with E-state index in [0.29, 0.717) is 6.04 Å². The van der Waals surface area contributed by atoms with Crippen LogP contribution in [0.25, 0.3) is 0 Å². The molecule has 0 saturated carbocycles. The molecule has 4 heteroatoms. The third-order valence-electron chi connectivity index (χ3n) is 4.11. The van der Waals surface area contributed by atoms with Crippen molar-refractivity contribution in [2.24, 2.45) is 0 Å². The smallest absolute Gasteiger partial charge is 0.0479 e. The van der Waals surface area contributed by atoms with E-state index in [1.165, 1.54) is 48.0 Å². The maximum absolute atomic E-state index is 5.99. The highest BCUT2D eigenvalue weighted by molar-refractivity contribution is 14.1. The van der Waals surface area contributed by atoms with Crippen LogP contribution in [-0.4, -0.2) is 30.1 Å². The van der Waals surface area contributed by atoms with Gasteiger partial charge in [0.2, 0.25) is 0 Å². The Labute approximate surface area is 127 Å². The number of nitrogens with one attached hydrogen (secondary N) is 1. The Morgan fingerprint density at radius 2 is 2.17 bits per heavy atom. The van der Waals surface area contributed by atoms with Crippen molar-refractivity contribution in [2.45, 2.75) is 37.8 Å². The summed E-state index contributed by atoms with van der Waals surface area (Å²) in [5.74, 6) is 0. The summed E-state index contributed by atoms with van der Waals surface area (Å²) in [6, 6.07) is 7.54. The number of rotatable bonds is 2. The number of hydrogen-bond donors (Lipinski definition) is 1. The second kappa shape index (κ2) is 5.55. The molecule has 2 heterocycles. The van der Waals surface area contributed by atoms with Gasteiger partial charge < -0.3 is 10.2 Å². The molecule has 2 saturated heterocycles. The summed E-state index contributed by atoms with van der Waals surface area (Å²) >= 11 is 8.35. The van der Waals surface area contributed by atoms with E-state index in [2.05, 4.69) is 38.9 Å². The number of anilines is 1. The lowest BCUT2D eigenvalue weighted by Crippen LogP contribution is -2.42. The Morgan fingerprint density at radius 1 is 1.28 bits per heavy atom. The van der Waals surface area contributed by atoms with Crippen molar-refractivity contribution in [3.05, 3.63) is 26.8 Å². The molecule has 0 radical (unpaired) electrons. The predicted octanol–water partition coefficient (Wildman–Crippen LogP) is 3.98. The van der Waals surface area contributed by atoms with Gasteiger partial charge in [0, 0.05) is 32.9 Å². The van der Waals surface area contributed by atoms with E-state index in [1.807, 2.05) is 12.1 Å². The van der Waals surface area contributed by atoms with Crippen LogP contribution in [0.4, 0.5) is 5.69 Å². The first-order valence-corrected chi connectivity index (χ1v) is 8.14. The van der Waals surface area contributed by atoms with Gasteiger partial charge in [-0.05, 0) is 73.0 Å². The fraction of sp³-hybridized carbons (Fsp3) is 0.571. The van der Waals surface area contributed by atoms with E-state index in [4.69, 9.17) is 11.6 Å². The SMILES string of the molecule is Clc1ccc(NC2CCN3CCCC3C2)c(I)c1. The summed E-state index contributed by atoms with van der Waals surface area (Å²) in [5.41, 5.74) is 1.23. The van der Waals surface area contributed by atoms with E-state index in [9.17, 15) is 0 Å². The first-order valence-electron chi connectivity index (χ1n) is 6.68. The average molecular weight is 377 g/mol. The molecule has 0 bridgehead atoms.